The van der Waals surface area contributed by atoms with Gasteiger partial charge in [-0.25, -0.2) is 4.79 Å². The van der Waals surface area contributed by atoms with Crippen LogP contribution in [0.2, 0.25) is 0 Å². The third-order valence-electron chi connectivity index (χ3n) is 1.86. The van der Waals surface area contributed by atoms with Gasteiger partial charge in [0.1, 0.15) is 0 Å². The molecule has 0 aromatic carbocycles. The zero-order chi connectivity index (χ0) is 8.97. The lowest BCUT2D eigenvalue weighted by Gasteiger charge is -2.10. The van der Waals surface area contributed by atoms with Crippen LogP contribution < -0.4 is 10.6 Å². The van der Waals surface area contributed by atoms with E-state index in [-0.39, 0.29) is 12.1 Å². The molecule has 0 aliphatic carbocycles. The lowest BCUT2D eigenvalue weighted by molar-refractivity contribution is 0.222. The fourth-order valence-corrected chi connectivity index (χ4v) is 1.34. The minimum Gasteiger partial charge on any atom is -0.332 e. The standard InChI is InChI=1S/C8H15N3O/c1-3-4-11-6-7(5-9-2)10-8(11)12/h3,7,9H,1,4-6H2,2H3,(H,10,12). The fraction of sp³-hybridized carbons (Fsp3) is 0.625. The van der Waals surface area contributed by atoms with Crippen molar-refractivity contribution in [1.29, 1.82) is 0 Å². The summed E-state index contributed by atoms with van der Waals surface area (Å²) in [5.41, 5.74) is 0. The normalized spacial score (nSPS) is 22.6. The second-order valence-corrected chi connectivity index (χ2v) is 2.90. The van der Waals surface area contributed by atoms with Gasteiger partial charge in [-0.3, -0.25) is 0 Å². The molecule has 1 unspecified atom stereocenters. The summed E-state index contributed by atoms with van der Waals surface area (Å²) in [5.74, 6) is 0. The minimum atomic E-state index is 0.00940. The van der Waals surface area contributed by atoms with Crippen molar-refractivity contribution in [2.75, 3.05) is 26.7 Å². The minimum absolute atomic E-state index is 0.00940. The first kappa shape index (κ1) is 9.06. The van der Waals surface area contributed by atoms with Crippen LogP contribution in [0.25, 0.3) is 0 Å². The lowest BCUT2D eigenvalue weighted by Crippen LogP contribution is -2.35. The van der Waals surface area contributed by atoms with Crippen LogP contribution in [0.4, 0.5) is 4.79 Å². The summed E-state index contributed by atoms with van der Waals surface area (Å²) in [5, 5.41) is 5.89. The predicted molar refractivity (Wildman–Crippen MR) is 48.0 cm³/mol. The maximum Gasteiger partial charge on any atom is 0.318 e. The average molecular weight is 169 g/mol. The molecule has 1 saturated heterocycles. The molecule has 0 aromatic rings. The van der Waals surface area contributed by atoms with Gasteiger partial charge in [-0.15, -0.1) is 6.58 Å². The van der Waals surface area contributed by atoms with E-state index in [2.05, 4.69) is 17.2 Å². The van der Waals surface area contributed by atoms with Crippen LogP contribution >= 0.6 is 0 Å². The van der Waals surface area contributed by atoms with E-state index in [0.717, 1.165) is 13.1 Å². The number of likely N-dealkylation sites (N-methyl/N-ethyl adjacent to an activating group) is 1. The van der Waals surface area contributed by atoms with Crippen LogP contribution in [0.1, 0.15) is 0 Å². The summed E-state index contributed by atoms with van der Waals surface area (Å²) in [7, 11) is 1.88. The first-order valence-corrected chi connectivity index (χ1v) is 4.09. The molecule has 2 N–H and O–H groups in total. The Balaban J connectivity index is 2.38. The zero-order valence-corrected chi connectivity index (χ0v) is 7.34. The number of amides is 2. The van der Waals surface area contributed by atoms with Crippen LogP contribution in [-0.2, 0) is 0 Å². The Hall–Kier alpha value is -1.03. The second kappa shape index (κ2) is 4.11. The lowest BCUT2D eigenvalue weighted by atomic mass is 10.3. The maximum absolute atomic E-state index is 11.2. The summed E-state index contributed by atoms with van der Waals surface area (Å²) in [6.45, 7) is 5.81. The van der Waals surface area contributed by atoms with E-state index in [0.29, 0.717) is 6.54 Å². The number of carbonyl (C=O) groups excluding carboxylic acids is 1. The highest BCUT2D eigenvalue weighted by Crippen LogP contribution is 2.02. The molecule has 4 nitrogen and oxygen atoms in total. The Bertz CT molecular complexity index is 181. The van der Waals surface area contributed by atoms with Crippen LogP contribution in [0.5, 0.6) is 0 Å². The molecule has 0 spiro atoms. The van der Waals surface area contributed by atoms with Gasteiger partial charge in [0.25, 0.3) is 0 Å². The van der Waals surface area contributed by atoms with Crippen LogP contribution in [0.3, 0.4) is 0 Å². The molecule has 1 aliphatic heterocycles. The van der Waals surface area contributed by atoms with Gasteiger partial charge in [0.15, 0.2) is 0 Å². The van der Waals surface area contributed by atoms with Crippen molar-refractivity contribution in [2.45, 2.75) is 6.04 Å². The van der Waals surface area contributed by atoms with Gasteiger partial charge in [0.05, 0.1) is 6.04 Å². The van der Waals surface area contributed by atoms with Gasteiger partial charge in [-0.2, -0.15) is 0 Å². The number of carbonyl (C=O) groups is 1. The molecule has 68 valence electrons. The van der Waals surface area contributed by atoms with Crippen molar-refractivity contribution in [3.63, 3.8) is 0 Å². The van der Waals surface area contributed by atoms with Crippen molar-refractivity contribution in [3.8, 4) is 0 Å². The first-order chi connectivity index (χ1) is 5.77. The summed E-state index contributed by atoms with van der Waals surface area (Å²) in [4.78, 5) is 12.9. The average Bonchev–Trinajstić information content (AvgIpc) is 2.34. The Morgan fingerprint density at radius 2 is 2.67 bits per heavy atom. The van der Waals surface area contributed by atoms with Gasteiger partial charge in [0, 0.05) is 19.6 Å². The molecular formula is C8H15N3O. The molecule has 4 heteroatoms. The zero-order valence-electron chi connectivity index (χ0n) is 7.34. The van der Waals surface area contributed by atoms with E-state index >= 15 is 0 Å². The highest BCUT2D eigenvalue weighted by Gasteiger charge is 2.26. The van der Waals surface area contributed by atoms with Gasteiger partial charge in [-0.1, -0.05) is 6.08 Å². The largest absolute Gasteiger partial charge is 0.332 e. The van der Waals surface area contributed by atoms with Crippen LogP contribution in [-0.4, -0.2) is 43.7 Å². The Kier molecular flexibility index (Phi) is 3.10. The summed E-state index contributed by atoms with van der Waals surface area (Å²) in [6.07, 6.45) is 1.74. The number of nitrogens with one attached hydrogen (secondary N) is 2. The molecule has 0 aromatic heterocycles. The van der Waals surface area contributed by atoms with E-state index in [1.807, 2.05) is 7.05 Å². The smallest absolute Gasteiger partial charge is 0.318 e. The number of urea groups is 1. The number of nitrogens with zero attached hydrogens (tertiary/aromatic N) is 1. The van der Waals surface area contributed by atoms with E-state index < -0.39 is 0 Å². The molecule has 12 heavy (non-hydrogen) atoms. The van der Waals surface area contributed by atoms with Gasteiger partial charge in [-0.05, 0) is 7.05 Å². The third-order valence-corrected chi connectivity index (χ3v) is 1.86. The molecule has 1 aliphatic rings. The van der Waals surface area contributed by atoms with Gasteiger partial charge in [0.2, 0.25) is 0 Å². The number of hydrogen-bond donors (Lipinski definition) is 2. The first-order valence-electron chi connectivity index (χ1n) is 4.09. The monoisotopic (exact) mass is 169 g/mol. The van der Waals surface area contributed by atoms with Crippen LogP contribution in [0.15, 0.2) is 12.7 Å². The van der Waals surface area contributed by atoms with Crippen LogP contribution in [0, 0.1) is 0 Å². The maximum atomic E-state index is 11.2. The topological polar surface area (TPSA) is 44.4 Å². The van der Waals surface area contributed by atoms with Gasteiger partial charge < -0.3 is 15.5 Å². The van der Waals surface area contributed by atoms with E-state index in [9.17, 15) is 4.79 Å². The van der Waals surface area contributed by atoms with Crippen molar-refractivity contribution >= 4 is 6.03 Å². The van der Waals surface area contributed by atoms with Crippen molar-refractivity contribution < 1.29 is 4.79 Å². The number of rotatable bonds is 4. The van der Waals surface area contributed by atoms with Crippen molar-refractivity contribution in [2.24, 2.45) is 0 Å². The second-order valence-electron chi connectivity index (χ2n) is 2.90. The fourth-order valence-electron chi connectivity index (χ4n) is 1.34. The summed E-state index contributed by atoms with van der Waals surface area (Å²) >= 11 is 0. The van der Waals surface area contributed by atoms with Gasteiger partial charge >= 0.3 is 6.03 Å². The SMILES string of the molecule is C=CCN1CC(CNC)NC1=O. The molecule has 2 amide bonds. The highest BCUT2D eigenvalue weighted by atomic mass is 16.2. The van der Waals surface area contributed by atoms with E-state index in [1.165, 1.54) is 0 Å². The predicted octanol–water partition coefficient (Wildman–Crippen LogP) is -0.214. The molecule has 1 atom stereocenters. The Labute approximate surface area is 72.6 Å². The molecule has 0 radical (unpaired) electrons. The molecule has 1 heterocycles. The highest BCUT2D eigenvalue weighted by molar-refractivity contribution is 5.77. The Morgan fingerprint density at radius 3 is 3.25 bits per heavy atom. The molecule has 0 bridgehead atoms. The Morgan fingerprint density at radius 1 is 1.92 bits per heavy atom. The summed E-state index contributed by atoms with van der Waals surface area (Å²) < 4.78 is 0. The van der Waals surface area contributed by atoms with Crippen molar-refractivity contribution in [1.82, 2.24) is 15.5 Å². The number of hydrogen-bond acceptors (Lipinski definition) is 2. The molecular weight excluding hydrogens is 154 g/mol. The van der Waals surface area contributed by atoms with E-state index in [1.54, 1.807) is 11.0 Å². The van der Waals surface area contributed by atoms with E-state index in [4.69, 9.17) is 0 Å². The molecule has 0 saturated carbocycles. The quantitative estimate of drug-likeness (QED) is 0.572. The third kappa shape index (κ3) is 1.98. The molecule has 1 rings (SSSR count). The summed E-state index contributed by atoms with van der Waals surface area (Å²) in [6, 6.07) is 0.248. The molecule has 1 fully saturated rings. The van der Waals surface area contributed by atoms with Crippen molar-refractivity contribution in [3.05, 3.63) is 12.7 Å².